The number of carbonyl (C=O) groups is 2. The second-order valence-electron chi connectivity index (χ2n) is 7.62. The van der Waals surface area contributed by atoms with E-state index in [1.54, 1.807) is 0 Å². The van der Waals surface area contributed by atoms with Crippen LogP contribution in [0.2, 0.25) is 0 Å². The Labute approximate surface area is 198 Å². The molecular weight excluding hydrogens is 456 g/mol. The number of fused-ring (bicyclic) bond motifs is 4. The molecule has 166 valence electrons. The second kappa shape index (κ2) is 9.25. The smallest absolute Gasteiger partial charge is 0.407 e. The molecule has 1 atom stereocenters. The zero-order valence-electron chi connectivity index (χ0n) is 17.4. The molecule has 1 aliphatic carbocycles. The summed E-state index contributed by atoms with van der Waals surface area (Å²) in [5.41, 5.74) is 5.36. The summed E-state index contributed by atoms with van der Waals surface area (Å²) in [6.45, 7) is 0.136. The lowest BCUT2D eigenvalue weighted by Crippen LogP contribution is -2.43. The number of nitrogens with one attached hydrogen (secondary N) is 1. The van der Waals surface area contributed by atoms with Crippen LogP contribution in [0.1, 0.15) is 17.0 Å². The quantitative estimate of drug-likeness (QED) is 0.348. The number of benzene rings is 3. The molecule has 4 aromatic rings. The number of carboxylic acids is 1. The van der Waals surface area contributed by atoms with E-state index in [1.807, 2.05) is 60.7 Å². The molecule has 33 heavy (non-hydrogen) atoms. The van der Waals surface area contributed by atoms with Crippen molar-refractivity contribution in [3.05, 3.63) is 83.9 Å². The number of thioether (sulfide) groups is 1. The van der Waals surface area contributed by atoms with Gasteiger partial charge in [0.2, 0.25) is 0 Å². The van der Waals surface area contributed by atoms with Crippen molar-refractivity contribution in [2.45, 2.75) is 16.3 Å². The van der Waals surface area contributed by atoms with Crippen LogP contribution in [0.3, 0.4) is 0 Å². The highest BCUT2D eigenvalue weighted by Gasteiger charge is 2.29. The SMILES string of the molecule is O=C(NC(CSc1nc2ccccc2s1)C(=O)O)OCC1c2ccccc2-c2ccccc21. The molecule has 1 unspecified atom stereocenters. The molecule has 0 fully saturated rings. The fourth-order valence-electron chi connectivity index (χ4n) is 4.02. The fourth-order valence-corrected chi connectivity index (χ4v) is 6.13. The number of nitrogens with zero attached hydrogens (tertiary/aromatic N) is 1. The summed E-state index contributed by atoms with van der Waals surface area (Å²) in [6.07, 6.45) is -0.742. The topological polar surface area (TPSA) is 88.5 Å². The van der Waals surface area contributed by atoms with Crippen LogP contribution in [0.4, 0.5) is 4.79 Å². The van der Waals surface area contributed by atoms with Gasteiger partial charge in [-0.3, -0.25) is 0 Å². The van der Waals surface area contributed by atoms with Crippen LogP contribution in [0.25, 0.3) is 21.3 Å². The number of aliphatic carboxylic acids is 1. The van der Waals surface area contributed by atoms with Crippen LogP contribution in [0.15, 0.2) is 77.1 Å². The van der Waals surface area contributed by atoms with Crippen LogP contribution in [-0.4, -0.2) is 40.6 Å². The maximum atomic E-state index is 12.5. The zero-order chi connectivity index (χ0) is 22.8. The average Bonchev–Trinajstić information content (AvgIpc) is 3.39. The van der Waals surface area contributed by atoms with E-state index in [0.29, 0.717) is 0 Å². The number of ether oxygens (including phenoxy) is 1. The van der Waals surface area contributed by atoms with Gasteiger partial charge >= 0.3 is 12.1 Å². The maximum absolute atomic E-state index is 12.5. The molecule has 1 amide bonds. The van der Waals surface area contributed by atoms with Gasteiger partial charge in [-0.2, -0.15) is 0 Å². The molecule has 0 spiro atoms. The number of para-hydroxylation sites is 1. The molecule has 0 saturated carbocycles. The van der Waals surface area contributed by atoms with Crippen molar-refractivity contribution in [3.8, 4) is 11.1 Å². The van der Waals surface area contributed by atoms with Gasteiger partial charge in [-0.15, -0.1) is 11.3 Å². The van der Waals surface area contributed by atoms with E-state index in [-0.39, 0.29) is 18.3 Å². The summed E-state index contributed by atoms with van der Waals surface area (Å²) in [5.74, 6) is -1.04. The van der Waals surface area contributed by atoms with Crippen LogP contribution in [0.5, 0.6) is 0 Å². The number of aromatic nitrogens is 1. The van der Waals surface area contributed by atoms with Crippen molar-refractivity contribution >= 4 is 45.4 Å². The molecule has 1 aliphatic rings. The lowest BCUT2D eigenvalue weighted by atomic mass is 9.98. The van der Waals surface area contributed by atoms with Crippen molar-refractivity contribution in [3.63, 3.8) is 0 Å². The molecule has 6 nitrogen and oxygen atoms in total. The van der Waals surface area contributed by atoms with E-state index >= 15 is 0 Å². The van der Waals surface area contributed by atoms with E-state index in [1.165, 1.54) is 23.1 Å². The van der Waals surface area contributed by atoms with E-state index in [4.69, 9.17) is 4.74 Å². The minimum atomic E-state index is -1.11. The van der Waals surface area contributed by atoms with Gasteiger partial charge in [0.1, 0.15) is 12.6 Å². The number of amides is 1. The van der Waals surface area contributed by atoms with Crippen molar-refractivity contribution in [1.29, 1.82) is 0 Å². The standard InChI is InChI=1S/C25H20N2O4S2/c28-23(29)21(14-32-25-27-20-11-5-6-12-22(20)33-25)26-24(30)31-13-19-17-9-3-1-7-15(17)16-8-2-4-10-18(16)19/h1-12,19,21H,13-14H2,(H,26,30)(H,28,29). The Morgan fingerprint density at radius 1 is 1.00 bits per heavy atom. The summed E-state index contributed by atoms with van der Waals surface area (Å²) in [7, 11) is 0. The highest BCUT2D eigenvalue weighted by atomic mass is 32.2. The average molecular weight is 477 g/mol. The first kappa shape index (κ1) is 21.5. The lowest BCUT2D eigenvalue weighted by Gasteiger charge is -2.17. The number of alkyl carbamates (subject to hydrolysis) is 1. The van der Waals surface area contributed by atoms with Crippen molar-refractivity contribution < 1.29 is 19.4 Å². The molecule has 0 aliphatic heterocycles. The minimum Gasteiger partial charge on any atom is -0.480 e. The zero-order valence-corrected chi connectivity index (χ0v) is 19.1. The van der Waals surface area contributed by atoms with Gasteiger partial charge in [-0.25, -0.2) is 14.6 Å². The number of carbonyl (C=O) groups excluding carboxylic acids is 1. The number of rotatable bonds is 7. The molecule has 1 aromatic heterocycles. The Kier molecular flexibility index (Phi) is 6.02. The van der Waals surface area contributed by atoms with Gasteiger partial charge in [-0.05, 0) is 34.4 Å². The summed E-state index contributed by atoms with van der Waals surface area (Å²) >= 11 is 2.80. The highest BCUT2D eigenvalue weighted by molar-refractivity contribution is 8.01. The normalized spacial score (nSPS) is 13.3. The number of carboxylic acid groups (broad SMARTS) is 1. The second-order valence-corrected chi connectivity index (χ2v) is 9.92. The Balaban J connectivity index is 1.22. The predicted molar refractivity (Wildman–Crippen MR) is 130 cm³/mol. The van der Waals surface area contributed by atoms with Crippen LogP contribution >= 0.6 is 23.1 Å². The molecular formula is C25H20N2O4S2. The van der Waals surface area contributed by atoms with Gasteiger partial charge in [-0.1, -0.05) is 72.4 Å². The number of thiazole rings is 1. The summed E-state index contributed by atoms with van der Waals surface area (Å²) in [6, 6.07) is 22.8. The lowest BCUT2D eigenvalue weighted by molar-refractivity contribution is -0.138. The van der Waals surface area contributed by atoms with E-state index in [9.17, 15) is 14.7 Å². The monoisotopic (exact) mass is 476 g/mol. The van der Waals surface area contributed by atoms with Gasteiger partial charge in [0.25, 0.3) is 0 Å². The predicted octanol–water partition coefficient (Wildman–Crippen LogP) is 5.38. The van der Waals surface area contributed by atoms with E-state index in [2.05, 4.69) is 22.4 Å². The third-order valence-corrected chi connectivity index (χ3v) is 7.85. The molecule has 2 N–H and O–H groups in total. The van der Waals surface area contributed by atoms with Crippen LogP contribution in [0, 0.1) is 0 Å². The molecule has 0 bridgehead atoms. The Bertz CT molecular complexity index is 1260. The molecule has 8 heteroatoms. The van der Waals surface area contributed by atoms with Crippen molar-refractivity contribution in [2.24, 2.45) is 0 Å². The van der Waals surface area contributed by atoms with E-state index in [0.717, 1.165) is 36.8 Å². The third kappa shape index (κ3) is 4.44. The van der Waals surface area contributed by atoms with E-state index < -0.39 is 18.1 Å². The fraction of sp³-hybridized carbons (Fsp3) is 0.160. The summed E-state index contributed by atoms with van der Waals surface area (Å²) in [5, 5.41) is 12.1. The van der Waals surface area contributed by atoms with Gasteiger partial charge in [0.05, 0.1) is 10.2 Å². The van der Waals surface area contributed by atoms with Gasteiger partial charge < -0.3 is 15.2 Å². The minimum absolute atomic E-state index is 0.0800. The van der Waals surface area contributed by atoms with Crippen molar-refractivity contribution in [2.75, 3.05) is 12.4 Å². The Hall–Kier alpha value is -3.36. The first-order valence-corrected chi connectivity index (χ1v) is 12.2. The van der Waals surface area contributed by atoms with Crippen molar-refractivity contribution in [1.82, 2.24) is 10.3 Å². The van der Waals surface area contributed by atoms with Gasteiger partial charge in [0, 0.05) is 11.7 Å². The third-order valence-electron chi connectivity index (χ3n) is 5.58. The summed E-state index contributed by atoms with van der Waals surface area (Å²) in [4.78, 5) is 28.7. The number of hydrogen-bond donors (Lipinski definition) is 2. The Morgan fingerprint density at radius 2 is 1.64 bits per heavy atom. The molecule has 1 heterocycles. The van der Waals surface area contributed by atoms with Crippen LogP contribution < -0.4 is 5.32 Å². The summed E-state index contributed by atoms with van der Waals surface area (Å²) < 4.78 is 7.28. The largest absolute Gasteiger partial charge is 0.480 e. The highest BCUT2D eigenvalue weighted by Crippen LogP contribution is 2.44. The number of hydrogen-bond acceptors (Lipinski definition) is 6. The van der Waals surface area contributed by atoms with Crippen LogP contribution in [-0.2, 0) is 9.53 Å². The molecule has 5 rings (SSSR count). The molecule has 0 saturated heterocycles. The Morgan fingerprint density at radius 3 is 2.30 bits per heavy atom. The maximum Gasteiger partial charge on any atom is 0.407 e. The van der Waals surface area contributed by atoms with Gasteiger partial charge in [0.15, 0.2) is 4.34 Å². The molecule has 0 radical (unpaired) electrons. The first-order valence-electron chi connectivity index (χ1n) is 10.4. The first-order chi connectivity index (χ1) is 16.1. The molecule has 3 aromatic carbocycles.